The Hall–Kier alpha value is -1.90. The average molecular weight is 389 g/mol. The fourth-order valence-corrected chi connectivity index (χ4v) is 5.57. The summed E-state index contributed by atoms with van der Waals surface area (Å²) in [7, 11) is 0. The number of rotatable bonds is 6. The van der Waals surface area contributed by atoms with Crippen LogP contribution in [-0.2, 0) is 0 Å². The third-order valence-electron chi connectivity index (χ3n) is 3.76. The Balaban J connectivity index is 1.89. The fraction of sp³-hybridized carbons (Fsp3) is 0.235. The van der Waals surface area contributed by atoms with Gasteiger partial charge >= 0.3 is 0 Å². The summed E-state index contributed by atoms with van der Waals surface area (Å²) in [5.74, 6) is 1.06. The first-order chi connectivity index (χ1) is 12.3. The molecule has 4 aromatic rings. The summed E-state index contributed by atoms with van der Waals surface area (Å²) in [6.45, 7) is 2.19. The number of nitrogen functional groups attached to an aromatic ring is 1. The Kier molecular flexibility index (Phi) is 4.74. The van der Waals surface area contributed by atoms with Crippen LogP contribution in [0.3, 0.4) is 0 Å². The SMILES string of the molecule is CCCCSc1sc2nc(-c3nccs3)cc(-c3cocn3)c2c1N. The molecule has 0 saturated heterocycles. The number of aromatic nitrogens is 3. The van der Waals surface area contributed by atoms with Crippen LogP contribution in [0.25, 0.3) is 32.2 Å². The lowest BCUT2D eigenvalue weighted by atomic mass is 10.1. The molecule has 0 fully saturated rings. The Bertz CT molecular complexity index is 977. The van der Waals surface area contributed by atoms with Gasteiger partial charge in [0.15, 0.2) is 6.39 Å². The Morgan fingerprint density at radius 1 is 1.28 bits per heavy atom. The molecule has 0 radical (unpaired) electrons. The number of anilines is 1. The van der Waals surface area contributed by atoms with E-state index in [2.05, 4.69) is 16.9 Å². The zero-order valence-corrected chi connectivity index (χ0v) is 16.0. The van der Waals surface area contributed by atoms with Crippen LogP contribution >= 0.6 is 34.4 Å². The van der Waals surface area contributed by atoms with Crippen LogP contribution in [0.4, 0.5) is 5.69 Å². The van der Waals surface area contributed by atoms with Crippen LogP contribution in [0.2, 0.25) is 0 Å². The van der Waals surface area contributed by atoms with Gasteiger partial charge in [-0.15, -0.1) is 34.4 Å². The quantitative estimate of drug-likeness (QED) is 0.345. The molecule has 0 aromatic carbocycles. The predicted octanol–water partition coefficient (Wildman–Crippen LogP) is 5.55. The Morgan fingerprint density at radius 3 is 2.92 bits per heavy atom. The molecule has 0 saturated carbocycles. The molecule has 0 aliphatic heterocycles. The van der Waals surface area contributed by atoms with E-state index in [-0.39, 0.29) is 0 Å². The van der Waals surface area contributed by atoms with Crippen molar-refractivity contribution >= 4 is 50.3 Å². The van der Waals surface area contributed by atoms with Gasteiger partial charge in [-0.3, -0.25) is 0 Å². The number of thiophene rings is 1. The first-order valence-corrected chi connectivity index (χ1v) is 10.6. The minimum absolute atomic E-state index is 0.764. The van der Waals surface area contributed by atoms with Gasteiger partial charge in [0.05, 0.1) is 9.90 Å². The number of hydrogen-bond acceptors (Lipinski definition) is 8. The zero-order valence-electron chi connectivity index (χ0n) is 13.6. The van der Waals surface area contributed by atoms with Gasteiger partial charge in [0.1, 0.15) is 27.5 Å². The molecule has 128 valence electrons. The average Bonchev–Trinajstić information content (AvgIpc) is 3.37. The van der Waals surface area contributed by atoms with Crippen molar-refractivity contribution in [2.45, 2.75) is 24.0 Å². The maximum absolute atomic E-state index is 6.48. The molecule has 0 aliphatic rings. The van der Waals surface area contributed by atoms with Gasteiger partial charge < -0.3 is 10.2 Å². The molecule has 8 heteroatoms. The highest BCUT2D eigenvalue weighted by Gasteiger charge is 2.19. The van der Waals surface area contributed by atoms with Gasteiger partial charge in [-0.05, 0) is 18.2 Å². The van der Waals surface area contributed by atoms with Crippen molar-refractivity contribution in [3.63, 3.8) is 0 Å². The zero-order chi connectivity index (χ0) is 17.2. The summed E-state index contributed by atoms with van der Waals surface area (Å²) >= 11 is 5.01. The lowest BCUT2D eigenvalue weighted by Crippen LogP contribution is -1.91. The van der Waals surface area contributed by atoms with E-state index in [1.807, 2.05) is 11.4 Å². The van der Waals surface area contributed by atoms with E-state index >= 15 is 0 Å². The first kappa shape index (κ1) is 16.6. The second kappa shape index (κ2) is 7.15. The predicted molar refractivity (Wildman–Crippen MR) is 106 cm³/mol. The molecule has 4 aromatic heterocycles. The summed E-state index contributed by atoms with van der Waals surface area (Å²) in [4.78, 5) is 14.4. The van der Waals surface area contributed by atoms with Gasteiger partial charge in [0.25, 0.3) is 0 Å². The number of nitrogens with two attached hydrogens (primary N) is 1. The second-order valence-corrected chi connectivity index (χ2v) is 8.71. The molecular formula is C17H16N4OS3. The summed E-state index contributed by atoms with van der Waals surface area (Å²) in [6, 6.07) is 2.00. The van der Waals surface area contributed by atoms with Gasteiger partial charge in [-0.2, -0.15) is 0 Å². The second-order valence-electron chi connectivity index (χ2n) is 5.45. The summed E-state index contributed by atoms with van der Waals surface area (Å²) in [6.07, 6.45) is 7.21. The molecule has 0 atom stereocenters. The largest absolute Gasteiger partial charge is 0.451 e. The van der Waals surface area contributed by atoms with Crippen molar-refractivity contribution in [1.29, 1.82) is 0 Å². The maximum atomic E-state index is 6.48. The van der Waals surface area contributed by atoms with Gasteiger partial charge in [-0.25, -0.2) is 15.0 Å². The van der Waals surface area contributed by atoms with Crippen LogP contribution in [0, 0.1) is 0 Å². The van der Waals surface area contributed by atoms with Crippen LogP contribution in [0.1, 0.15) is 19.8 Å². The van der Waals surface area contributed by atoms with Crippen molar-refractivity contribution in [3.05, 3.63) is 30.3 Å². The minimum atomic E-state index is 0.764. The summed E-state index contributed by atoms with van der Waals surface area (Å²) < 4.78 is 6.31. The number of unbranched alkanes of at least 4 members (excludes halogenated alkanes) is 1. The number of pyridine rings is 1. The molecule has 25 heavy (non-hydrogen) atoms. The van der Waals surface area contributed by atoms with E-state index in [1.165, 1.54) is 19.2 Å². The number of nitrogens with zero attached hydrogens (tertiary/aromatic N) is 3. The van der Waals surface area contributed by atoms with E-state index in [9.17, 15) is 0 Å². The third-order valence-corrected chi connectivity index (χ3v) is 7.02. The van der Waals surface area contributed by atoms with Crippen LogP contribution < -0.4 is 5.73 Å². The number of oxazole rings is 1. The molecule has 0 unspecified atom stereocenters. The normalized spacial score (nSPS) is 11.4. The Labute approximate surface area is 157 Å². The highest BCUT2D eigenvalue weighted by atomic mass is 32.2. The molecule has 4 rings (SSSR count). The molecule has 5 nitrogen and oxygen atoms in total. The Morgan fingerprint density at radius 2 is 2.20 bits per heavy atom. The smallest absolute Gasteiger partial charge is 0.181 e. The van der Waals surface area contributed by atoms with Crippen molar-refractivity contribution in [2.75, 3.05) is 11.5 Å². The van der Waals surface area contributed by atoms with Gasteiger partial charge in [-0.1, -0.05) is 13.3 Å². The number of thiazole rings is 1. The van der Waals surface area contributed by atoms with Crippen molar-refractivity contribution in [1.82, 2.24) is 15.0 Å². The van der Waals surface area contributed by atoms with E-state index in [0.717, 1.165) is 47.8 Å². The molecule has 0 spiro atoms. The monoisotopic (exact) mass is 388 g/mol. The van der Waals surface area contributed by atoms with Crippen molar-refractivity contribution < 1.29 is 4.42 Å². The first-order valence-electron chi connectivity index (χ1n) is 7.92. The van der Waals surface area contributed by atoms with E-state index in [0.29, 0.717) is 0 Å². The van der Waals surface area contributed by atoms with Crippen LogP contribution in [0.15, 0.2) is 38.9 Å². The van der Waals surface area contributed by atoms with E-state index in [1.54, 1.807) is 46.9 Å². The lowest BCUT2D eigenvalue weighted by Gasteiger charge is -2.04. The van der Waals surface area contributed by atoms with Crippen LogP contribution in [0.5, 0.6) is 0 Å². The van der Waals surface area contributed by atoms with E-state index < -0.39 is 0 Å². The van der Waals surface area contributed by atoms with Gasteiger partial charge in [0, 0.05) is 22.5 Å². The molecular weight excluding hydrogens is 372 g/mol. The van der Waals surface area contributed by atoms with Gasteiger partial charge in [0.2, 0.25) is 0 Å². The van der Waals surface area contributed by atoms with Crippen LogP contribution in [-0.4, -0.2) is 20.7 Å². The third kappa shape index (κ3) is 3.17. The molecule has 4 heterocycles. The summed E-state index contributed by atoms with van der Waals surface area (Å²) in [5, 5.41) is 3.79. The summed E-state index contributed by atoms with van der Waals surface area (Å²) in [5.41, 5.74) is 9.81. The van der Waals surface area contributed by atoms with Crippen molar-refractivity contribution in [2.24, 2.45) is 0 Å². The topological polar surface area (TPSA) is 77.8 Å². The van der Waals surface area contributed by atoms with Crippen molar-refractivity contribution in [3.8, 4) is 22.0 Å². The van der Waals surface area contributed by atoms with E-state index in [4.69, 9.17) is 15.1 Å². The number of fused-ring (bicyclic) bond motifs is 1. The molecule has 0 aliphatic carbocycles. The maximum Gasteiger partial charge on any atom is 0.181 e. The molecule has 0 bridgehead atoms. The molecule has 2 N–H and O–H groups in total. The standard InChI is InChI=1S/C17H16N4OS3/c1-2-3-5-24-17-14(18)13-10(12-8-22-9-20-12)7-11(21-16(13)25-17)15-19-4-6-23-15/h4,6-9H,2-3,5,18H2,1H3. The highest BCUT2D eigenvalue weighted by Crippen LogP contribution is 2.45. The number of thioether (sulfide) groups is 1. The fourth-order valence-electron chi connectivity index (χ4n) is 2.52. The number of hydrogen-bond donors (Lipinski definition) is 1. The highest BCUT2D eigenvalue weighted by molar-refractivity contribution is 8.01. The lowest BCUT2D eigenvalue weighted by molar-refractivity contribution is 0.558. The molecule has 0 amide bonds. The minimum Gasteiger partial charge on any atom is -0.451 e.